The Kier molecular flexibility index (Phi) is 2.14. The zero-order valence-electron chi connectivity index (χ0n) is 8.27. The van der Waals surface area contributed by atoms with Crippen LogP contribution in [0.4, 0.5) is 0 Å². The Morgan fingerprint density at radius 1 is 1.20 bits per heavy atom. The van der Waals surface area contributed by atoms with Crippen LogP contribution in [0, 0.1) is 5.41 Å². The first-order chi connectivity index (χ1) is 6.81. The number of aliphatic carboxylic acids is 1. The molecule has 0 aromatic rings. The minimum absolute atomic E-state index is 0.0572. The quantitative estimate of drug-likeness (QED) is 0.690. The predicted molar refractivity (Wildman–Crippen MR) is 52.1 cm³/mol. The molecule has 0 aromatic carbocycles. The van der Waals surface area contributed by atoms with Gasteiger partial charge in [0.25, 0.3) is 0 Å². The van der Waals surface area contributed by atoms with E-state index in [1.54, 1.807) is 0 Å². The van der Waals surface area contributed by atoms with Crippen LogP contribution in [0.15, 0.2) is 0 Å². The number of hydrogen-bond donors (Lipinski definition) is 2. The molecule has 1 atom stereocenters. The molecule has 1 aliphatic carbocycles. The summed E-state index contributed by atoms with van der Waals surface area (Å²) in [6.07, 6.45) is 1.57. The maximum Gasteiger partial charge on any atom is 0.312 e. The Bertz CT molecular complexity index is 395. The Balaban J connectivity index is 2.34. The van der Waals surface area contributed by atoms with Gasteiger partial charge in [0.05, 0.1) is 22.5 Å². The number of hydrogen-bond acceptors (Lipinski definition) is 4. The molecular weight excluding hydrogens is 220 g/mol. The number of aliphatic hydroxyl groups is 1. The van der Waals surface area contributed by atoms with E-state index in [9.17, 15) is 18.3 Å². The van der Waals surface area contributed by atoms with Crippen molar-refractivity contribution >= 4 is 15.8 Å². The lowest BCUT2D eigenvalue weighted by Gasteiger charge is -2.47. The van der Waals surface area contributed by atoms with Crippen molar-refractivity contribution in [2.45, 2.75) is 31.3 Å². The zero-order chi connectivity index (χ0) is 11.3. The number of rotatable bonds is 2. The van der Waals surface area contributed by atoms with E-state index in [1.165, 1.54) is 0 Å². The first-order valence-electron chi connectivity index (χ1n) is 4.98. The van der Waals surface area contributed by atoms with Crippen LogP contribution < -0.4 is 0 Å². The van der Waals surface area contributed by atoms with Crippen molar-refractivity contribution in [2.75, 3.05) is 11.5 Å². The Morgan fingerprint density at radius 3 is 2.07 bits per heavy atom. The molecule has 6 heteroatoms. The summed E-state index contributed by atoms with van der Waals surface area (Å²) in [5.74, 6) is -1.56. The molecule has 2 rings (SSSR count). The standard InChI is InChI=1S/C9H14O5S/c10-7(11)8(2-1-3-8)9(12)4-5-15(13,14)6-9/h12H,1-6H2,(H,10,11). The van der Waals surface area contributed by atoms with E-state index in [2.05, 4.69) is 0 Å². The summed E-state index contributed by atoms with van der Waals surface area (Å²) >= 11 is 0. The molecule has 0 aromatic heterocycles. The fourth-order valence-electron chi connectivity index (χ4n) is 2.62. The Hall–Kier alpha value is -0.620. The van der Waals surface area contributed by atoms with Crippen LogP contribution in [-0.4, -0.2) is 41.7 Å². The Labute approximate surface area is 88.0 Å². The molecule has 15 heavy (non-hydrogen) atoms. The van der Waals surface area contributed by atoms with Gasteiger partial charge in [0.15, 0.2) is 9.84 Å². The van der Waals surface area contributed by atoms with Gasteiger partial charge in [-0.1, -0.05) is 6.42 Å². The third-order valence-electron chi connectivity index (χ3n) is 3.79. The van der Waals surface area contributed by atoms with E-state index in [1.807, 2.05) is 0 Å². The van der Waals surface area contributed by atoms with Gasteiger partial charge in [-0.05, 0) is 19.3 Å². The van der Waals surface area contributed by atoms with Gasteiger partial charge in [0.2, 0.25) is 0 Å². The maximum absolute atomic E-state index is 11.3. The van der Waals surface area contributed by atoms with Crippen LogP contribution in [0.2, 0.25) is 0 Å². The molecule has 1 saturated carbocycles. The molecular formula is C9H14O5S. The highest BCUT2D eigenvalue weighted by molar-refractivity contribution is 7.91. The largest absolute Gasteiger partial charge is 0.481 e. The second-order valence-electron chi connectivity index (χ2n) is 4.61. The molecule has 2 N–H and O–H groups in total. The van der Waals surface area contributed by atoms with Crippen LogP contribution in [0.25, 0.3) is 0 Å². The van der Waals surface area contributed by atoms with Gasteiger partial charge >= 0.3 is 5.97 Å². The summed E-state index contributed by atoms with van der Waals surface area (Å²) in [4.78, 5) is 11.2. The zero-order valence-corrected chi connectivity index (χ0v) is 9.09. The number of sulfone groups is 1. The van der Waals surface area contributed by atoms with Crippen molar-refractivity contribution in [1.29, 1.82) is 0 Å². The lowest BCUT2D eigenvalue weighted by molar-refractivity contribution is -0.179. The highest BCUT2D eigenvalue weighted by Crippen LogP contribution is 2.53. The first-order valence-corrected chi connectivity index (χ1v) is 6.80. The summed E-state index contributed by atoms with van der Waals surface area (Å²) in [7, 11) is -3.26. The number of carboxylic acid groups (broad SMARTS) is 1. The van der Waals surface area contributed by atoms with Crippen LogP contribution in [-0.2, 0) is 14.6 Å². The summed E-state index contributed by atoms with van der Waals surface area (Å²) in [6.45, 7) is 0. The molecule has 1 unspecified atom stereocenters. The van der Waals surface area contributed by atoms with Crippen molar-refractivity contribution < 1.29 is 23.4 Å². The third kappa shape index (κ3) is 1.38. The average molecular weight is 234 g/mol. The molecule has 5 nitrogen and oxygen atoms in total. The van der Waals surface area contributed by atoms with Gasteiger partial charge in [-0.3, -0.25) is 4.79 Å². The molecule has 0 spiro atoms. The highest BCUT2D eigenvalue weighted by atomic mass is 32.2. The predicted octanol–water partition coefficient (Wildman–Crippen LogP) is -0.209. The SMILES string of the molecule is O=C(O)C1(C2(O)CCS(=O)(=O)C2)CCC1. The normalized spacial score (nSPS) is 37.1. The van der Waals surface area contributed by atoms with Gasteiger partial charge in [-0.2, -0.15) is 0 Å². The number of carbonyl (C=O) groups is 1. The first kappa shape index (κ1) is 10.9. The second kappa shape index (κ2) is 2.95. The van der Waals surface area contributed by atoms with E-state index in [-0.39, 0.29) is 12.2 Å². The van der Waals surface area contributed by atoms with Crippen molar-refractivity contribution in [1.82, 2.24) is 0 Å². The number of carboxylic acids is 1. The van der Waals surface area contributed by atoms with E-state index in [0.717, 1.165) is 6.42 Å². The lowest BCUT2D eigenvalue weighted by atomic mass is 9.58. The average Bonchev–Trinajstić information content (AvgIpc) is 2.22. The molecule has 2 aliphatic rings. The molecule has 1 heterocycles. The fraction of sp³-hybridized carbons (Fsp3) is 0.889. The maximum atomic E-state index is 11.3. The van der Waals surface area contributed by atoms with Gasteiger partial charge in [-0.25, -0.2) is 8.42 Å². The van der Waals surface area contributed by atoms with Crippen molar-refractivity contribution in [3.63, 3.8) is 0 Å². The Morgan fingerprint density at radius 2 is 1.80 bits per heavy atom. The molecule has 1 aliphatic heterocycles. The van der Waals surface area contributed by atoms with E-state index >= 15 is 0 Å². The van der Waals surface area contributed by atoms with Gasteiger partial charge in [-0.15, -0.1) is 0 Å². The van der Waals surface area contributed by atoms with E-state index in [4.69, 9.17) is 5.11 Å². The van der Waals surface area contributed by atoms with Crippen molar-refractivity contribution in [3.05, 3.63) is 0 Å². The molecule has 0 amide bonds. The van der Waals surface area contributed by atoms with Crippen molar-refractivity contribution in [3.8, 4) is 0 Å². The molecule has 0 radical (unpaired) electrons. The van der Waals surface area contributed by atoms with Crippen molar-refractivity contribution in [2.24, 2.45) is 5.41 Å². The van der Waals surface area contributed by atoms with E-state index < -0.39 is 32.6 Å². The minimum atomic E-state index is -3.26. The summed E-state index contributed by atoms with van der Waals surface area (Å²) in [5, 5.41) is 19.3. The molecule has 2 fully saturated rings. The smallest absolute Gasteiger partial charge is 0.312 e. The molecule has 86 valence electrons. The monoisotopic (exact) mass is 234 g/mol. The summed E-state index contributed by atoms with van der Waals surface area (Å²) in [5.41, 5.74) is -2.76. The highest BCUT2D eigenvalue weighted by Gasteiger charge is 2.63. The van der Waals surface area contributed by atoms with Crippen LogP contribution in [0.3, 0.4) is 0 Å². The van der Waals surface area contributed by atoms with Crippen LogP contribution in [0.5, 0.6) is 0 Å². The summed E-state index contributed by atoms with van der Waals surface area (Å²) < 4.78 is 22.6. The van der Waals surface area contributed by atoms with Gasteiger partial charge in [0.1, 0.15) is 0 Å². The summed E-state index contributed by atoms with van der Waals surface area (Å²) in [6, 6.07) is 0. The second-order valence-corrected chi connectivity index (χ2v) is 6.80. The lowest BCUT2D eigenvalue weighted by Crippen LogP contribution is -2.58. The molecule has 0 bridgehead atoms. The molecule has 1 saturated heterocycles. The van der Waals surface area contributed by atoms with Crippen LogP contribution >= 0.6 is 0 Å². The fourth-order valence-corrected chi connectivity index (χ4v) is 4.56. The topological polar surface area (TPSA) is 91.7 Å². The third-order valence-corrected chi connectivity index (χ3v) is 5.54. The van der Waals surface area contributed by atoms with E-state index in [0.29, 0.717) is 12.8 Å². The van der Waals surface area contributed by atoms with Crippen LogP contribution in [0.1, 0.15) is 25.7 Å². The minimum Gasteiger partial charge on any atom is -0.481 e. The van der Waals surface area contributed by atoms with Gasteiger partial charge in [0, 0.05) is 0 Å². The van der Waals surface area contributed by atoms with Gasteiger partial charge < -0.3 is 10.2 Å².